The third-order valence-electron chi connectivity index (χ3n) is 3.41. The molecule has 0 spiro atoms. The molecule has 0 fully saturated rings. The van der Waals surface area contributed by atoms with Gasteiger partial charge in [-0.1, -0.05) is 13.8 Å². The summed E-state index contributed by atoms with van der Waals surface area (Å²) in [6.07, 6.45) is 1.41. The fraction of sp³-hybridized carbons (Fsp3) is 0.533. The maximum Gasteiger partial charge on any atom is 0.0959 e. The van der Waals surface area contributed by atoms with E-state index in [9.17, 15) is 5.11 Å². The first-order valence-electron chi connectivity index (χ1n) is 6.81. The monoisotopic (exact) mass is 261 g/mol. The van der Waals surface area contributed by atoms with Crippen molar-refractivity contribution in [2.75, 3.05) is 6.54 Å². The zero-order chi connectivity index (χ0) is 14.0. The van der Waals surface area contributed by atoms with Crippen LogP contribution in [0.2, 0.25) is 0 Å². The van der Waals surface area contributed by atoms with Crippen molar-refractivity contribution in [1.82, 2.24) is 14.9 Å². The van der Waals surface area contributed by atoms with E-state index < -0.39 is 6.10 Å². The van der Waals surface area contributed by atoms with Gasteiger partial charge in [0.25, 0.3) is 0 Å². The van der Waals surface area contributed by atoms with E-state index in [4.69, 9.17) is 0 Å². The number of hydrogen-bond donors (Lipinski definition) is 2. The van der Waals surface area contributed by atoms with Gasteiger partial charge in [0.05, 0.1) is 30.0 Å². The van der Waals surface area contributed by atoms with Crippen molar-refractivity contribution in [3.8, 4) is 0 Å². The highest BCUT2D eigenvalue weighted by molar-refractivity contribution is 5.77. The van der Waals surface area contributed by atoms with E-state index in [1.807, 2.05) is 10.9 Å². The molecule has 0 aliphatic rings. The van der Waals surface area contributed by atoms with Crippen LogP contribution in [0.4, 0.5) is 0 Å². The quantitative estimate of drug-likeness (QED) is 0.865. The smallest absolute Gasteiger partial charge is 0.0959 e. The summed E-state index contributed by atoms with van der Waals surface area (Å²) in [7, 11) is 0. The molecule has 2 aromatic rings. The molecule has 4 nitrogen and oxygen atoms in total. The Morgan fingerprint density at radius 3 is 2.63 bits per heavy atom. The summed E-state index contributed by atoms with van der Waals surface area (Å²) in [5.41, 5.74) is 4.59. The number of nitrogens with one attached hydrogen (secondary N) is 1. The van der Waals surface area contributed by atoms with Gasteiger partial charge in [0, 0.05) is 12.6 Å². The number of aromatic nitrogens is 2. The largest absolute Gasteiger partial charge is 0.390 e. The van der Waals surface area contributed by atoms with Crippen LogP contribution in [0.3, 0.4) is 0 Å². The second-order valence-electron chi connectivity index (χ2n) is 5.54. The third-order valence-corrected chi connectivity index (χ3v) is 3.41. The van der Waals surface area contributed by atoms with Crippen LogP contribution in [0, 0.1) is 13.8 Å². The number of benzene rings is 1. The van der Waals surface area contributed by atoms with Crippen LogP contribution in [0.1, 0.15) is 25.0 Å². The fourth-order valence-electron chi connectivity index (χ4n) is 2.12. The standard InChI is InChI=1S/C15H23N3O/c1-10(2)16-7-13(19)8-18-9-17-14-5-11(3)12(4)6-15(14)18/h5-6,9-10,13,16,19H,7-8H2,1-4H3. The van der Waals surface area contributed by atoms with E-state index in [0.717, 1.165) is 11.0 Å². The summed E-state index contributed by atoms with van der Waals surface area (Å²) in [5, 5.41) is 13.3. The van der Waals surface area contributed by atoms with Gasteiger partial charge in [0.1, 0.15) is 0 Å². The van der Waals surface area contributed by atoms with Gasteiger partial charge in [-0.15, -0.1) is 0 Å². The molecular formula is C15H23N3O. The molecule has 4 heteroatoms. The first-order chi connectivity index (χ1) is 8.97. The summed E-state index contributed by atoms with van der Waals surface area (Å²) in [6.45, 7) is 9.51. The Kier molecular flexibility index (Phi) is 4.22. The fourth-order valence-corrected chi connectivity index (χ4v) is 2.12. The van der Waals surface area contributed by atoms with Crippen molar-refractivity contribution in [2.24, 2.45) is 0 Å². The van der Waals surface area contributed by atoms with Crippen molar-refractivity contribution >= 4 is 11.0 Å². The summed E-state index contributed by atoms with van der Waals surface area (Å²) >= 11 is 0. The summed E-state index contributed by atoms with van der Waals surface area (Å²) in [5.74, 6) is 0. The molecule has 0 radical (unpaired) electrons. The molecule has 1 atom stereocenters. The number of aryl methyl sites for hydroxylation is 2. The van der Waals surface area contributed by atoms with E-state index in [1.54, 1.807) is 0 Å². The number of imidazole rings is 1. The molecule has 0 aliphatic carbocycles. The lowest BCUT2D eigenvalue weighted by Crippen LogP contribution is -2.34. The van der Waals surface area contributed by atoms with Crippen LogP contribution in [0.15, 0.2) is 18.5 Å². The molecule has 1 aromatic carbocycles. The Morgan fingerprint density at radius 1 is 1.26 bits per heavy atom. The van der Waals surface area contributed by atoms with Crippen LogP contribution >= 0.6 is 0 Å². The number of aliphatic hydroxyl groups excluding tert-OH is 1. The van der Waals surface area contributed by atoms with Crippen molar-refractivity contribution < 1.29 is 5.11 Å². The van der Waals surface area contributed by atoms with Crippen molar-refractivity contribution in [1.29, 1.82) is 0 Å². The van der Waals surface area contributed by atoms with Gasteiger partial charge >= 0.3 is 0 Å². The van der Waals surface area contributed by atoms with Gasteiger partial charge in [0.15, 0.2) is 0 Å². The lowest BCUT2D eigenvalue weighted by atomic mass is 10.1. The van der Waals surface area contributed by atoms with E-state index in [-0.39, 0.29) is 0 Å². The van der Waals surface area contributed by atoms with E-state index in [1.165, 1.54) is 11.1 Å². The normalized spacial score (nSPS) is 13.4. The molecule has 0 saturated carbocycles. The molecule has 1 heterocycles. The second-order valence-corrected chi connectivity index (χ2v) is 5.54. The number of nitrogens with zero attached hydrogens (tertiary/aromatic N) is 2. The van der Waals surface area contributed by atoms with Gasteiger partial charge < -0.3 is 15.0 Å². The van der Waals surface area contributed by atoms with Crippen LogP contribution in [-0.2, 0) is 6.54 Å². The molecule has 2 rings (SSSR count). The maximum absolute atomic E-state index is 10.0. The Hall–Kier alpha value is -1.39. The Labute approximate surface area is 114 Å². The maximum atomic E-state index is 10.0. The minimum atomic E-state index is -0.401. The molecule has 2 N–H and O–H groups in total. The highest BCUT2D eigenvalue weighted by Crippen LogP contribution is 2.18. The SMILES string of the molecule is Cc1cc2ncn(CC(O)CNC(C)C)c2cc1C. The van der Waals surface area contributed by atoms with Crippen molar-refractivity contribution in [2.45, 2.75) is 46.4 Å². The summed E-state index contributed by atoms with van der Waals surface area (Å²) in [4.78, 5) is 4.40. The van der Waals surface area contributed by atoms with Crippen LogP contribution < -0.4 is 5.32 Å². The predicted molar refractivity (Wildman–Crippen MR) is 78.4 cm³/mol. The Balaban J connectivity index is 2.15. The first kappa shape index (κ1) is 14.0. The molecule has 104 valence electrons. The molecule has 1 aromatic heterocycles. The minimum absolute atomic E-state index is 0.388. The third kappa shape index (κ3) is 3.33. The van der Waals surface area contributed by atoms with Crippen LogP contribution in [0.25, 0.3) is 11.0 Å². The molecular weight excluding hydrogens is 238 g/mol. The van der Waals surface area contributed by atoms with Crippen LogP contribution in [-0.4, -0.2) is 33.3 Å². The second kappa shape index (κ2) is 5.72. The van der Waals surface area contributed by atoms with E-state index in [2.05, 4.69) is 50.1 Å². The average Bonchev–Trinajstić information content (AvgIpc) is 2.70. The van der Waals surface area contributed by atoms with Gasteiger partial charge in [0.2, 0.25) is 0 Å². The lowest BCUT2D eigenvalue weighted by Gasteiger charge is -2.15. The van der Waals surface area contributed by atoms with Gasteiger partial charge in [-0.3, -0.25) is 0 Å². The van der Waals surface area contributed by atoms with E-state index in [0.29, 0.717) is 19.1 Å². The lowest BCUT2D eigenvalue weighted by molar-refractivity contribution is 0.150. The van der Waals surface area contributed by atoms with E-state index >= 15 is 0 Å². The summed E-state index contributed by atoms with van der Waals surface area (Å²) in [6, 6.07) is 4.62. The zero-order valence-electron chi connectivity index (χ0n) is 12.1. The highest BCUT2D eigenvalue weighted by atomic mass is 16.3. The topological polar surface area (TPSA) is 50.1 Å². The molecule has 1 unspecified atom stereocenters. The Bertz CT molecular complexity index is 560. The first-order valence-corrected chi connectivity index (χ1v) is 6.81. The van der Waals surface area contributed by atoms with Crippen LogP contribution in [0.5, 0.6) is 0 Å². The summed E-state index contributed by atoms with van der Waals surface area (Å²) < 4.78 is 2.02. The average molecular weight is 261 g/mol. The molecule has 0 amide bonds. The number of rotatable bonds is 5. The molecule has 0 aliphatic heterocycles. The highest BCUT2D eigenvalue weighted by Gasteiger charge is 2.10. The number of fused-ring (bicyclic) bond motifs is 1. The number of aliphatic hydroxyl groups is 1. The molecule has 0 bridgehead atoms. The Morgan fingerprint density at radius 2 is 1.95 bits per heavy atom. The molecule has 0 saturated heterocycles. The van der Waals surface area contributed by atoms with Crippen molar-refractivity contribution in [3.05, 3.63) is 29.6 Å². The predicted octanol–water partition coefficient (Wildman–Crippen LogP) is 2.01. The molecule has 19 heavy (non-hydrogen) atoms. The van der Waals surface area contributed by atoms with Gasteiger partial charge in [-0.05, 0) is 37.1 Å². The minimum Gasteiger partial charge on any atom is -0.390 e. The van der Waals surface area contributed by atoms with Gasteiger partial charge in [-0.2, -0.15) is 0 Å². The van der Waals surface area contributed by atoms with Crippen molar-refractivity contribution in [3.63, 3.8) is 0 Å². The zero-order valence-corrected chi connectivity index (χ0v) is 12.1. The van der Waals surface area contributed by atoms with Gasteiger partial charge in [-0.25, -0.2) is 4.98 Å². The number of hydrogen-bond acceptors (Lipinski definition) is 3.